The van der Waals surface area contributed by atoms with Gasteiger partial charge in [-0.2, -0.15) is 18.4 Å². The van der Waals surface area contributed by atoms with Crippen LogP contribution in [0.3, 0.4) is 0 Å². The number of nitrogens with one attached hydrogen (secondary N) is 1. The van der Waals surface area contributed by atoms with Crippen LogP contribution in [0.15, 0.2) is 42.5 Å². The Kier molecular flexibility index (Phi) is 4.79. The number of nitriles is 1. The molecule has 1 aliphatic carbocycles. The number of nitrogens with zero attached hydrogens (tertiary/aromatic N) is 1. The number of fused-ring (bicyclic) bond motifs is 2. The summed E-state index contributed by atoms with van der Waals surface area (Å²) in [5.74, 6) is -0.983. The number of rotatable bonds is 2. The molecule has 2 nitrogen and oxygen atoms in total. The van der Waals surface area contributed by atoms with Crippen LogP contribution < -0.4 is 17.3 Å². The number of halogens is 4. The number of hydrogen-bond acceptors (Lipinski definition) is 1. The van der Waals surface area contributed by atoms with Crippen molar-refractivity contribution >= 4 is 0 Å². The number of piperidine rings is 1. The molecule has 1 aromatic rings. The zero-order valence-corrected chi connectivity index (χ0v) is 13.4. The predicted octanol–water partition coefficient (Wildman–Crippen LogP) is -0.853. The summed E-state index contributed by atoms with van der Waals surface area (Å²) in [6, 6.07) is 11.3. The van der Waals surface area contributed by atoms with E-state index >= 15 is 0 Å². The van der Waals surface area contributed by atoms with Gasteiger partial charge in [-0.3, -0.25) is 0 Å². The van der Waals surface area contributed by atoms with Crippen LogP contribution in [-0.4, -0.2) is 24.8 Å². The molecule has 0 aromatic heterocycles. The minimum absolute atomic E-state index is 0. The van der Waals surface area contributed by atoms with Crippen LogP contribution in [0.1, 0.15) is 12.0 Å². The molecule has 23 heavy (non-hydrogen) atoms. The van der Waals surface area contributed by atoms with E-state index in [1.165, 1.54) is 6.08 Å². The van der Waals surface area contributed by atoms with Crippen molar-refractivity contribution in [3.8, 4) is 6.07 Å². The second-order valence-electron chi connectivity index (χ2n) is 6.29. The summed E-state index contributed by atoms with van der Waals surface area (Å²) in [5, 5.41) is 9.24. The topological polar surface area (TPSA) is 28.2 Å². The Morgan fingerprint density at radius 2 is 1.96 bits per heavy atom. The van der Waals surface area contributed by atoms with Crippen LogP contribution in [0.4, 0.5) is 13.2 Å². The van der Waals surface area contributed by atoms with Gasteiger partial charge in [0.05, 0.1) is 19.2 Å². The number of benzene rings is 1. The highest BCUT2D eigenvalue weighted by Crippen LogP contribution is 2.45. The summed E-state index contributed by atoms with van der Waals surface area (Å²) in [6.07, 6.45) is -0.610. The van der Waals surface area contributed by atoms with Gasteiger partial charge >= 0.3 is 6.18 Å². The summed E-state index contributed by atoms with van der Waals surface area (Å²) in [5.41, 5.74) is -1.03. The van der Waals surface area contributed by atoms with Crippen molar-refractivity contribution in [3.05, 3.63) is 48.0 Å². The van der Waals surface area contributed by atoms with Crippen molar-refractivity contribution in [1.82, 2.24) is 0 Å². The maximum Gasteiger partial charge on any atom is 0.449 e. The van der Waals surface area contributed by atoms with Gasteiger partial charge in [0.1, 0.15) is 5.92 Å². The van der Waals surface area contributed by atoms with Gasteiger partial charge in [-0.05, 0) is 18.1 Å². The fraction of sp³-hybridized carbons (Fsp3) is 0.471. The maximum atomic E-state index is 13.8. The van der Waals surface area contributed by atoms with E-state index in [0.29, 0.717) is 17.7 Å². The average Bonchev–Trinajstić information content (AvgIpc) is 2.50. The van der Waals surface area contributed by atoms with Gasteiger partial charge in [0.25, 0.3) is 0 Å². The SMILES string of the molecule is C[NH+]1[C@H](Cc2ccccc2)[C@@H]2C=C[C@@]1(C(F)(F)F)[C@@H](C#N)C2.[Cl-]. The van der Waals surface area contributed by atoms with E-state index < -0.39 is 17.6 Å². The van der Waals surface area contributed by atoms with Gasteiger partial charge in [-0.15, -0.1) is 0 Å². The minimum atomic E-state index is -4.42. The van der Waals surface area contributed by atoms with Crippen molar-refractivity contribution < 1.29 is 30.5 Å². The molecular formula is C17H18ClF3N2. The number of likely N-dealkylation sites (N-methyl/N-ethyl adjacent to an activating group) is 1. The van der Waals surface area contributed by atoms with Gasteiger partial charge in [0.2, 0.25) is 5.54 Å². The average molecular weight is 343 g/mol. The molecule has 5 atom stereocenters. The lowest BCUT2D eigenvalue weighted by Gasteiger charge is -2.53. The van der Waals surface area contributed by atoms with Gasteiger partial charge in [0.15, 0.2) is 0 Å². The lowest BCUT2D eigenvalue weighted by molar-refractivity contribution is -0.978. The van der Waals surface area contributed by atoms with Crippen LogP contribution in [0, 0.1) is 23.2 Å². The van der Waals surface area contributed by atoms with Gasteiger partial charge in [0, 0.05) is 12.3 Å². The summed E-state index contributed by atoms with van der Waals surface area (Å²) in [6.45, 7) is 0. The van der Waals surface area contributed by atoms with Crippen molar-refractivity contribution in [2.75, 3.05) is 7.05 Å². The van der Waals surface area contributed by atoms with E-state index in [4.69, 9.17) is 0 Å². The fourth-order valence-electron chi connectivity index (χ4n) is 4.10. The molecule has 2 bridgehead atoms. The quantitative estimate of drug-likeness (QED) is 0.697. The van der Waals surface area contributed by atoms with Crippen molar-refractivity contribution in [3.63, 3.8) is 0 Å². The third-order valence-electron chi connectivity index (χ3n) is 5.31. The van der Waals surface area contributed by atoms with Crippen molar-refractivity contribution in [2.24, 2.45) is 11.8 Å². The Labute approximate surface area is 140 Å². The molecule has 2 aliphatic heterocycles. The van der Waals surface area contributed by atoms with E-state index in [2.05, 4.69) is 0 Å². The van der Waals surface area contributed by atoms with Crippen LogP contribution >= 0.6 is 0 Å². The highest BCUT2D eigenvalue weighted by molar-refractivity contribution is 5.25. The Balaban J connectivity index is 0.00000192. The fourth-order valence-corrected chi connectivity index (χ4v) is 4.10. The third kappa shape index (κ3) is 2.64. The number of hydrogen-bond donors (Lipinski definition) is 1. The number of alkyl halides is 3. The largest absolute Gasteiger partial charge is 1.00 e. The second kappa shape index (κ2) is 6.18. The monoisotopic (exact) mass is 342 g/mol. The van der Waals surface area contributed by atoms with Gasteiger partial charge < -0.3 is 17.3 Å². The molecule has 0 amide bonds. The molecule has 6 heteroatoms. The van der Waals surface area contributed by atoms with Crippen molar-refractivity contribution in [2.45, 2.75) is 30.6 Å². The first-order valence-corrected chi connectivity index (χ1v) is 7.43. The van der Waals surface area contributed by atoms with E-state index in [-0.39, 0.29) is 24.4 Å². The van der Waals surface area contributed by atoms with Gasteiger partial charge in [-0.25, -0.2) is 0 Å². The smallest absolute Gasteiger partial charge is 0.449 e. The van der Waals surface area contributed by atoms with Crippen LogP contribution in [-0.2, 0) is 6.42 Å². The maximum absolute atomic E-state index is 13.8. The molecule has 4 rings (SSSR count). The Morgan fingerprint density at radius 3 is 2.52 bits per heavy atom. The first-order valence-electron chi connectivity index (χ1n) is 7.43. The lowest BCUT2D eigenvalue weighted by Crippen LogP contribution is -3.26. The Morgan fingerprint density at radius 1 is 1.30 bits per heavy atom. The van der Waals surface area contributed by atoms with E-state index in [0.717, 1.165) is 5.56 Å². The summed E-state index contributed by atoms with van der Waals surface area (Å²) in [4.78, 5) is 0.397. The summed E-state index contributed by atoms with van der Waals surface area (Å²) >= 11 is 0. The first-order chi connectivity index (χ1) is 10.4. The van der Waals surface area contributed by atoms with E-state index in [1.54, 1.807) is 13.1 Å². The molecule has 2 heterocycles. The molecule has 1 N–H and O–H groups in total. The minimum Gasteiger partial charge on any atom is -1.00 e. The number of quaternary nitrogens is 1. The van der Waals surface area contributed by atoms with E-state index in [9.17, 15) is 18.4 Å². The zero-order chi connectivity index (χ0) is 16.0. The molecule has 1 fully saturated rings. The third-order valence-corrected chi connectivity index (χ3v) is 5.31. The molecule has 0 saturated carbocycles. The molecule has 1 aromatic carbocycles. The van der Waals surface area contributed by atoms with Crippen LogP contribution in [0.5, 0.6) is 0 Å². The van der Waals surface area contributed by atoms with Crippen LogP contribution in [0.25, 0.3) is 0 Å². The summed E-state index contributed by atoms with van der Waals surface area (Å²) in [7, 11) is 1.58. The molecule has 0 spiro atoms. The summed E-state index contributed by atoms with van der Waals surface area (Å²) < 4.78 is 41.4. The highest BCUT2D eigenvalue weighted by atomic mass is 35.5. The first kappa shape index (κ1) is 17.8. The Hall–Kier alpha value is -1.51. The molecule has 1 unspecified atom stereocenters. The van der Waals surface area contributed by atoms with E-state index in [1.807, 2.05) is 36.4 Å². The zero-order valence-electron chi connectivity index (χ0n) is 12.6. The highest BCUT2D eigenvalue weighted by Gasteiger charge is 2.70. The molecule has 0 radical (unpaired) electrons. The standard InChI is InChI=1S/C17H17F3N2.ClH/c1-22-15(9-12-5-3-2-4-6-12)13-7-8-16(22,17(18,19)20)14(10-13)11-21;/h2-8,13-15H,9-10H2,1H3;1H/t13-,14-,15-,16+;/m1./s1. The van der Waals surface area contributed by atoms with Crippen LogP contribution in [0.2, 0.25) is 0 Å². The molecule has 3 aliphatic rings. The molecular weight excluding hydrogens is 325 g/mol. The normalized spacial score (nSPS) is 35.4. The predicted molar refractivity (Wildman–Crippen MR) is 76.0 cm³/mol. The second-order valence-corrected chi connectivity index (χ2v) is 6.29. The molecule has 1 saturated heterocycles. The van der Waals surface area contributed by atoms with Gasteiger partial charge in [-0.1, -0.05) is 36.4 Å². The lowest BCUT2D eigenvalue weighted by atomic mass is 9.64. The van der Waals surface area contributed by atoms with Crippen molar-refractivity contribution in [1.29, 1.82) is 5.26 Å². The molecule has 124 valence electrons. The Bertz CT molecular complexity index is 623.